The maximum Gasteiger partial charge on any atom is 0.229 e. The zero-order valence-corrected chi connectivity index (χ0v) is 14.4. The first-order valence-electron chi connectivity index (χ1n) is 8.48. The highest BCUT2D eigenvalue weighted by Gasteiger charge is 2.54. The van der Waals surface area contributed by atoms with Crippen LogP contribution in [-0.4, -0.2) is 20.7 Å². The van der Waals surface area contributed by atoms with Gasteiger partial charge in [-0.15, -0.1) is 11.3 Å². The lowest BCUT2D eigenvalue weighted by atomic mass is 10.0. The van der Waals surface area contributed by atoms with E-state index < -0.39 is 0 Å². The van der Waals surface area contributed by atoms with Gasteiger partial charge in [0.25, 0.3) is 0 Å². The highest BCUT2D eigenvalue weighted by molar-refractivity contribution is 7.14. The molecule has 2 atom stereocenters. The Kier molecular flexibility index (Phi) is 3.71. The summed E-state index contributed by atoms with van der Waals surface area (Å²) in [6, 6.07) is 0. The predicted octanol–water partition coefficient (Wildman–Crippen LogP) is 3.71. The Bertz CT molecular complexity index is 723. The second-order valence-electron chi connectivity index (χ2n) is 6.62. The molecule has 6 heteroatoms. The van der Waals surface area contributed by atoms with E-state index in [4.69, 9.17) is 0 Å². The lowest BCUT2D eigenvalue weighted by Gasteiger charge is -2.04. The van der Waals surface area contributed by atoms with Crippen LogP contribution >= 0.6 is 11.3 Å². The maximum atomic E-state index is 12.4. The van der Waals surface area contributed by atoms with Crippen LogP contribution in [0, 0.1) is 24.7 Å². The van der Waals surface area contributed by atoms with Gasteiger partial charge in [0.2, 0.25) is 5.91 Å². The van der Waals surface area contributed by atoms with E-state index in [1.807, 2.05) is 16.3 Å². The number of nitrogens with one attached hydrogen (secondary N) is 1. The third-order valence-electron chi connectivity index (χ3n) is 5.37. The molecule has 2 heterocycles. The molecule has 2 aliphatic carbocycles. The van der Waals surface area contributed by atoms with Crippen molar-refractivity contribution in [3.63, 3.8) is 0 Å². The highest BCUT2D eigenvalue weighted by atomic mass is 32.1. The van der Waals surface area contributed by atoms with Gasteiger partial charge in [0.15, 0.2) is 5.13 Å². The molecule has 0 spiro atoms. The summed E-state index contributed by atoms with van der Waals surface area (Å²) < 4.78 is 1.96. The Morgan fingerprint density at radius 1 is 1.39 bits per heavy atom. The van der Waals surface area contributed by atoms with Gasteiger partial charge in [0.1, 0.15) is 0 Å². The topological polar surface area (TPSA) is 59.8 Å². The van der Waals surface area contributed by atoms with Gasteiger partial charge in [-0.05, 0) is 38.5 Å². The second-order valence-corrected chi connectivity index (χ2v) is 7.48. The summed E-state index contributed by atoms with van der Waals surface area (Å²) in [5.74, 6) is 1.67. The number of thiazole rings is 1. The number of nitrogens with zero attached hydrogens (tertiary/aromatic N) is 3. The average molecular weight is 330 g/mol. The van der Waals surface area contributed by atoms with Crippen molar-refractivity contribution in [2.24, 2.45) is 17.8 Å². The standard InChI is InChI=1S/C17H22N4OS/c1-3-21-10(2)13(8-18-21)14-9-23-17(19-14)20-16(22)15-11-6-4-5-7-12(11)15/h8-9,11-12,15H,3-7H2,1-2H3,(H,19,20,22)/t11-,12-/m0/s1. The van der Waals surface area contributed by atoms with Gasteiger partial charge in [-0.2, -0.15) is 5.10 Å². The largest absolute Gasteiger partial charge is 0.302 e. The molecular formula is C17H22N4OS. The van der Waals surface area contributed by atoms with Crippen LogP contribution in [0.15, 0.2) is 11.6 Å². The third-order valence-corrected chi connectivity index (χ3v) is 6.13. The fourth-order valence-corrected chi connectivity index (χ4v) is 4.76. The smallest absolute Gasteiger partial charge is 0.229 e. The maximum absolute atomic E-state index is 12.4. The molecule has 2 saturated carbocycles. The van der Waals surface area contributed by atoms with Crippen molar-refractivity contribution in [3.05, 3.63) is 17.3 Å². The minimum atomic E-state index is 0.170. The minimum Gasteiger partial charge on any atom is -0.302 e. The molecule has 0 radical (unpaired) electrons. The van der Waals surface area contributed by atoms with Gasteiger partial charge in [-0.25, -0.2) is 4.98 Å². The molecular weight excluding hydrogens is 308 g/mol. The SMILES string of the molecule is CCn1ncc(-c2csc(NC(=O)C3[C@H]4CCCC[C@H]34)n2)c1C. The number of anilines is 1. The zero-order chi connectivity index (χ0) is 16.0. The summed E-state index contributed by atoms with van der Waals surface area (Å²) in [4.78, 5) is 17.0. The predicted molar refractivity (Wildman–Crippen MR) is 91.3 cm³/mol. The van der Waals surface area contributed by atoms with Gasteiger partial charge in [-0.3, -0.25) is 9.48 Å². The fourth-order valence-electron chi connectivity index (χ4n) is 4.04. The molecule has 0 bridgehead atoms. The first-order chi connectivity index (χ1) is 11.2. The molecule has 4 rings (SSSR count). The van der Waals surface area contributed by atoms with E-state index in [0.29, 0.717) is 17.0 Å². The number of rotatable bonds is 4. The van der Waals surface area contributed by atoms with Crippen LogP contribution in [0.25, 0.3) is 11.3 Å². The lowest BCUT2D eigenvalue weighted by molar-refractivity contribution is -0.117. The quantitative estimate of drug-likeness (QED) is 0.929. The zero-order valence-electron chi connectivity index (χ0n) is 13.6. The van der Waals surface area contributed by atoms with Crippen LogP contribution < -0.4 is 5.32 Å². The first kappa shape index (κ1) is 14.9. The number of carbonyl (C=O) groups excluding carboxylic acids is 1. The van der Waals surface area contributed by atoms with Crippen molar-refractivity contribution in [1.29, 1.82) is 0 Å². The van der Waals surface area contributed by atoms with Gasteiger partial charge < -0.3 is 5.32 Å². The molecule has 0 aliphatic heterocycles. The molecule has 0 unspecified atom stereocenters. The van der Waals surface area contributed by atoms with E-state index in [1.165, 1.54) is 37.0 Å². The van der Waals surface area contributed by atoms with Crippen LogP contribution in [0.5, 0.6) is 0 Å². The molecule has 0 aromatic carbocycles. The highest BCUT2D eigenvalue weighted by Crippen LogP contribution is 2.55. The number of amides is 1. The molecule has 1 amide bonds. The Morgan fingerprint density at radius 2 is 2.13 bits per heavy atom. The summed E-state index contributed by atoms with van der Waals surface area (Å²) in [6.45, 7) is 4.98. The Labute approximate surface area is 140 Å². The lowest BCUT2D eigenvalue weighted by Crippen LogP contribution is -2.15. The Morgan fingerprint density at radius 3 is 2.78 bits per heavy atom. The van der Waals surface area contributed by atoms with E-state index in [2.05, 4.69) is 29.2 Å². The van der Waals surface area contributed by atoms with Crippen LogP contribution in [0.1, 0.15) is 38.3 Å². The monoisotopic (exact) mass is 330 g/mol. The van der Waals surface area contributed by atoms with Gasteiger partial charge in [-0.1, -0.05) is 12.8 Å². The van der Waals surface area contributed by atoms with Gasteiger partial charge >= 0.3 is 0 Å². The van der Waals surface area contributed by atoms with E-state index in [0.717, 1.165) is 23.5 Å². The third kappa shape index (κ3) is 2.59. The van der Waals surface area contributed by atoms with Crippen molar-refractivity contribution in [2.75, 3.05) is 5.32 Å². The number of hydrogen-bond acceptors (Lipinski definition) is 4. The van der Waals surface area contributed by atoms with Crippen molar-refractivity contribution < 1.29 is 4.79 Å². The van der Waals surface area contributed by atoms with Crippen molar-refractivity contribution in [2.45, 2.75) is 46.1 Å². The Hall–Kier alpha value is -1.69. The summed E-state index contributed by atoms with van der Waals surface area (Å²) in [6.07, 6.45) is 6.87. The number of hydrogen-bond donors (Lipinski definition) is 1. The molecule has 1 N–H and O–H groups in total. The van der Waals surface area contributed by atoms with E-state index >= 15 is 0 Å². The van der Waals surface area contributed by atoms with Crippen molar-refractivity contribution in [1.82, 2.24) is 14.8 Å². The second kappa shape index (κ2) is 5.74. The average Bonchev–Trinajstić information content (AvgIpc) is 2.91. The van der Waals surface area contributed by atoms with Crippen LogP contribution in [0.4, 0.5) is 5.13 Å². The molecule has 2 aromatic rings. The van der Waals surface area contributed by atoms with E-state index in [-0.39, 0.29) is 11.8 Å². The Balaban J connectivity index is 1.46. The molecule has 5 nitrogen and oxygen atoms in total. The number of carbonyl (C=O) groups is 1. The number of aromatic nitrogens is 3. The summed E-state index contributed by atoms with van der Waals surface area (Å²) in [5, 5.41) is 10.1. The number of aryl methyl sites for hydroxylation is 1. The minimum absolute atomic E-state index is 0.170. The van der Waals surface area contributed by atoms with E-state index in [9.17, 15) is 4.79 Å². The number of fused-ring (bicyclic) bond motifs is 1. The molecule has 2 aliphatic rings. The summed E-state index contributed by atoms with van der Waals surface area (Å²) >= 11 is 1.50. The molecule has 2 fully saturated rings. The molecule has 23 heavy (non-hydrogen) atoms. The van der Waals surface area contributed by atoms with Crippen LogP contribution in [-0.2, 0) is 11.3 Å². The summed E-state index contributed by atoms with van der Waals surface area (Å²) in [7, 11) is 0. The van der Waals surface area contributed by atoms with Gasteiger partial charge in [0.05, 0.1) is 11.9 Å². The molecule has 2 aromatic heterocycles. The van der Waals surface area contributed by atoms with Crippen LogP contribution in [0.3, 0.4) is 0 Å². The molecule has 122 valence electrons. The summed E-state index contributed by atoms with van der Waals surface area (Å²) in [5.41, 5.74) is 3.06. The van der Waals surface area contributed by atoms with Crippen LogP contribution in [0.2, 0.25) is 0 Å². The first-order valence-corrected chi connectivity index (χ1v) is 9.36. The fraction of sp³-hybridized carbons (Fsp3) is 0.588. The van der Waals surface area contributed by atoms with E-state index in [1.54, 1.807) is 0 Å². The van der Waals surface area contributed by atoms with Gasteiger partial charge in [0, 0.05) is 29.1 Å². The van der Waals surface area contributed by atoms with Crippen molar-refractivity contribution >= 4 is 22.4 Å². The molecule has 0 saturated heterocycles. The van der Waals surface area contributed by atoms with Crippen molar-refractivity contribution in [3.8, 4) is 11.3 Å². The normalized spacial score (nSPS) is 25.9.